The van der Waals surface area contributed by atoms with E-state index in [1.807, 2.05) is 46.8 Å². The van der Waals surface area contributed by atoms with Crippen LogP contribution in [-0.2, 0) is 10.0 Å². The van der Waals surface area contributed by atoms with Crippen molar-refractivity contribution in [2.75, 3.05) is 6.54 Å². The Hall–Kier alpha value is -1.17. The van der Waals surface area contributed by atoms with Gasteiger partial charge in [0.25, 0.3) is 0 Å². The average Bonchev–Trinajstić information content (AvgIpc) is 2.45. The SMILES string of the molecule is C=C(C)[C@H]1CN(S(=O)(=O)c2ccc(C)cc2)[C@@H](C(C)(C)C)C[C@@H]1O. The van der Waals surface area contributed by atoms with Gasteiger partial charge in [-0.3, -0.25) is 0 Å². The van der Waals surface area contributed by atoms with Crippen molar-refractivity contribution in [2.24, 2.45) is 11.3 Å². The third-order valence-corrected chi connectivity index (χ3v) is 6.80. The van der Waals surface area contributed by atoms with E-state index in [0.717, 1.165) is 11.1 Å². The maximum Gasteiger partial charge on any atom is 0.243 e. The largest absolute Gasteiger partial charge is 0.392 e. The summed E-state index contributed by atoms with van der Waals surface area (Å²) in [5.41, 5.74) is 1.58. The predicted molar refractivity (Wildman–Crippen MR) is 97.2 cm³/mol. The molecule has 1 aromatic carbocycles. The molecule has 0 unspecified atom stereocenters. The van der Waals surface area contributed by atoms with Gasteiger partial charge in [-0.15, -0.1) is 0 Å². The minimum Gasteiger partial charge on any atom is -0.392 e. The maximum absolute atomic E-state index is 13.2. The highest BCUT2D eigenvalue weighted by Gasteiger charge is 2.45. The van der Waals surface area contributed by atoms with Crippen molar-refractivity contribution in [3.63, 3.8) is 0 Å². The number of rotatable bonds is 3. The van der Waals surface area contributed by atoms with Crippen molar-refractivity contribution >= 4 is 10.0 Å². The number of hydrogen-bond donors (Lipinski definition) is 1. The van der Waals surface area contributed by atoms with E-state index in [1.54, 1.807) is 16.4 Å². The number of aryl methyl sites for hydroxylation is 1. The Labute approximate surface area is 146 Å². The first-order valence-electron chi connectivity index (χ1n) is 8.36. The van der Waals surface area contributed by atoms with Gasteiger partial charge in [0.1, 0.15) is 0 Å². The zero-order valence-electron chi connectivity index (χ0n) is 15.3. The van der Waals surface area contributed by atoms with Crippen molar-refractivity contribution in [2.45, 2.75) is 58.1 Å². The minimum absolute atomic E-state index is 0.233. The highest BCUT2D eigenvalue weighted by Crippen LogP contribution is 2.39. The number of hydrogen-bond acceptors (Lipinski definition) is 3. The number of piperidine rings is 1. The van der Waals surface area contributed by atoms with Crippen molar-refractivity contribution < 1.29 is 13.5 Å². The molecule has 5 heteroatoms. The lowest BCUT2D eigenvalue weighted by molar-refractivity contribution is 0.00795. The second-order valence-electron chi connectivity index (χ2n) is 8.03. The van der Waals surface area contributed by atoms with E-state index in [9.17, 15) is 13.5 Å². The summed E-state index contributed by atoms with van der Waals surface area (Å²) >= 11 is 0. The second-order valence-corrected chi connectivity index (χ2v) is 9.92. The Morgan fingerprint density at radius 3 is 2.25 bits per heavy atom. The van der Waals surface area contributed by atoms with Gasteiger partial charge in [0.05, 0.1) is 11.0 Å². The Morgan fingerprint density at radius 2 is 1.79 bits per heavy atom. The van der Waals surface area contributed by atoms with E-state index in [2.05, 4.69) is 6.58 Å². The molecule has 0 bridgehead atoms. The fourth-order valence-electron chi connectivity index (χ4n) is 3.33. The van der Waals surface area contributed by atoms with Gasteiger partial charge in [0.15, 0.2) is 0 Å². The van der Waals surface area contributed by atoms with Crippen LogP contribution >= 0.6 is 0 Å². The van der Waals surface area contributed by atoms with Crippen LogP contribution in [0.1, 0.15) is 39.7 Å². The Kier molecular flexibility index (Phi) is 5.28. The van der Waals surface area contributed by atoms with Crippen LogP contribution in [0.25, 0.3) is 0 Å². The molecular weight excluding hydrogens is 322 g/mol. The van der Waals surface area contributed by atoms with E-state index in [0.29, 0.717) is 11.3 Å². The van der Waals surface area contributed by atoms with E-state index in [1.165, 1.54) is 0 Å². The third kappa shape index (κ3) is 3.73. The lowest BCUT2D eigenvalue weighted by Crippen LogP contribution is -2.56. The van der Waals surface area contributed by atoms with Crippen LogP contribution in [0.5, 0.6) is 0 Å². The van der Waals surface area contributed by atoms with Crippen LogP contribution in [0.4, 0.5) is 0 Å². The van der Waals surface area contributed by atoms with Crippen molar-refractivity contribution in [1.29, 1.82) is 0 Å². The highest BCUT2D eigenvalue weighted by molar-refractivity contribution is 7.89. The van der Waals surface area contributed by atoms with Crippen molar-refractivity contribution in [3.8, 4) is 0 Å². The van der Waals surface area contributed by atoms with E-state index < -0.39 is 16.1 Å². The molecule has 0 spiro atoms. The molecule has 0 aromatic heterocycles. The van der Waals surface area contributed by atoms with Gasteiger partial charge in [0, 0.05) is 18.5 Å². The summed E-state index contributed by atoms with van der Waals surface area (Å²) in [4.78, 5) is 0.305. The van der Waals surface area contributed by atoms with Gasteiger partial charge in [-0.1, -0.05) is 50.6 Å². The number of benzene rings is 1. The molecule has 0 amide bonds. The Morgan fingerprint density at radius 1 is 1.25 bits per heavy atom. The van der Waals surface area contributed by atoms with Crippen molar-refractivity contribution in [3.05, 3.63) is 42.0 Å². The quantitative estimate of drug-likeness (QED) is 0.850. The van der Waals surface area contributed by atoms with E-state index in [4.69, 9.17) is 0 Å². The van der Waals surface area contributed by atoms with Crippen LogP contribution < -0.4 is 0 Å². The molecule has 134 valence electrons. The monoisotopic (exact) mass is 351 g/mol. The Balaban J connectivity index is 2.48. The summed E-state index contributed by atoms with van der Waals surface area (Å²) in [6, 6.07) is 6.69. The zero-order chi connectivity index (χ0) is 18.3. The molecule has 1 aliphatic heterocycles. The molecule has 1 heterocycles. The highest BCUT2D eigenvalue weighted by atomic mass is 32.2. The molecule has 0 saturated carbocycles. The summed E-state index contributed by atoms with van der Waals surface area (Å²) in [5.74, 6) is -0.233. The smallest absolute Gasteiger partial charge is 0.243 e. The third-order valence-electron chi connectivity index (χ3n) is 4.91. The standard InChI is InChI=1S/C19H29NO3S/c1-13(2)16-12-20(18(11-17(16)21)19(4,5)6)24(22,23)15-9-7-14(3)8-10-15/h7-10,16-18,21H,1,11-12H2,2-6H3/t16-,17+,18-/m1/s1. The van der Waals surface area contributed by atoms with Gasteiger partial charge in [-0.05, 0) is 37.8 Å². The first-order chi connectivity index (χ1) is 10.9. The lowest BCUT2D eigenvalue weighted by atomic mass is 9.77. The van der Waals surface area contributed by atoms with Crippen LogP contribution in [0.2, 0.25) is 0 Å². The van der Waals surface area contributed by atoms with Crippen LogP contribution in [0.15, 0.2) is 41.3 Å². The Bertz CT molecular complexity index is 701. The summed E-state index contributed by atoms with van der Waals surface area (Å²) in [5, 5.41) is 10.5. The fraction of sp³-hybridized carbons (Fsp3) is 0.579. The molecular formula is C19H29NO3S. The van der Waals surface area contributed by atoms with E-state index in [-0.39, 0.29) is 23.9 Å². The number of aliphatic hydroxyl groups is 1. The second kappa shape index (κ2) is 6.62. The molecule has 2 rings (SSSR count). The summed E-state index contributed by atoms with van der Waals surface area (Å²) in [6.45, 7) is 14.0. The predicted octanol–water partition coefficient (Wildman–Crippen LogP) is 3.36. The normalized spacial score (nSPS) is 26.3. The summed E-state index contributed by atoms with van der Waals surface area (Å²) in [6.07, 6.45) is -0.136. The van der Waals surface area contributed by atoms with Gasteiger partial charge in [0.2, 0.25) is 10.0 Å². The maximum atomic E-state index is 13.2. The molecule has 3 atom stereocenters. The molecule has 1 aliphatic rings. The molecule has 1 saturated heterocycles. The molecule has 1 fully saturated rings. The minimum atomic E-state index is -3.62. The zero-order valence-corrected chi connectivity index (χ0v) is 16.1. The fourth-order valence-corrected chi connectivity index (χ4v) is 5.18. The first kappa shape index (κ1) is 19.2. The molecule has 1 N–H and O–H groups in total. The average molecular weight is 352 g/mol. The van der Waals surface area contributed by atoms with Gasteiger partial charge >= 0.3 is 0 Å². The molecule has 24 heavy (non-hydrogen) atoms. The summed E-state index contributed by atoms with van der Waals surface area (Å²) < 4.78 is 28.1. The number of sulfonamides is 1. The van der Waals surface area contributed by atoms with Crippen LogP contribution in [-0.4, -0.2) is 36.5 Å². The van der Waals surface area contributed by atoms with Gasteiger partial charge in [-0.25, -0.2) is 8.42 Å². The topological polar surface area (TPSA) is 57.6 Å². The molecule has 4 nitrogen and oxygen atoms in total. The van der Waals surface area contributed by atoms with Gasteiger partial charge < -0.3 is 5.11 Å². The van der Waals surface area contributed by atoms with Gasteiger partial charge in [-0.2, -0.15) is 4.31 Å². The lowest BCUT2D eigenvalue weighted by Gasteiger charge is -2.47. The van der Waals surface area contributed by atoms with Crippen LogP contribution in [0.3, 0.4) is 0 Å². The first-order valence-corrected chi connectivity index (χ1v) is 9.80. The van der Waals surface area contributed by atoms with E-state index >= 15 is 0 Å². The number of aliphatic hydroxyl groups excluding tert-OH is 1. The molecule has 0 radical (unpaired) electrons. The molecule has 0 aliphatic carbocycles. The summed E-state index contributed by atoms with van der Waals surface area (Å²) in [7, 11) is -3.62. The molecule has 1 aromatic rings. The number of nitrogens with zero attached hydrogens (tertiary/aromatic N) is 1. The van der Waals surface area contributed by atoms with Crippen LogP contribution in [0, 0.1) is 18.3 Å². The van der Waals surface area contributed by atoms with Crippen molar-refractivity contribution in [1.82, 2.24) is 4.31 Å².